The Kier molecular flexibility index (Phi) is 2.91. The smallest absolute Gasteiger partial charge is 0.358 e. The Morgan fingerprint density at radius 1 is 1.53 bits per heavy atom. The Labute approximate surface area is 83.7 Å². The van der Waals surface area contributed by atoms with E-state index >= 15 is 0 Å². The molecule has 5 N–H and O–H groups in total. The van der Waals surface area contributed by atoms with Crippen LogP contribution in [-0.2, 0) is 0 Å². The second-order valence-electron chi connectivity index (χ2n) is 2.43. The summed E-state index contributed by atoms with van der Waals surface area (Å²) in [7, 11) is 0. The van der Waals surface area contributed by atoms with Crippen molar-refractivity contribution in [3.8, 4) is 0 Å². The highest BCUT2D eigenvalue weighted by Crippen LogP contribution is 2.12. The Bertz CT molecular complexity index is 438. The first-order chi connectivity index (χ1) is 7.04. The second-order valence-corrected chi connectivity index (χ2v) is 2.43. The van der Waals surface area contributed by atoms with Crippen LogP contribution in [0.3, 0.4) is 0 Å². The molecule has 0 atom stereocenters. The van der Waals surface area contributed by atoms with Crippen LogP contribution >= 0.6 is 0 Å². The Morgan fingerprint density at radius 2 is 2.20 bits per heavy atom. The van der Waals surface area contributed by atoms with E-state index in [2.05, 4.69) is 15.0 Å². The number of carbonyl (C=O) groups is 2. The van der Waals surface area contributed by atoms with E-state index in [0.29, 0.717) is 6.29 Å². The minimum absolute atomic E-state index is 0.109. The third-order valence-corrected chi connectivity index (χ3v) is 1.33. The molecule has 1 rings (SSSR count). The molecule has 1 aromatic rings. The van der Waals surface area contributed by atoms with Gasteiger partial charge in [-0.05, 0) is 0 Å². The van der Waals surface area contributed by atoms with Crippen LogP contribution in [0.25, 0.3) is 0 Å². The van der Waals surface area contributed by atoms with Crippen molar-refractivity contribution in [2.24, 2.45) is 16.5 Å². The van der Waals surface area contributed by atoms with Crippen LogP contribution in [0.1, 0.15) is 21.0 Å². The average molecular weight is 209 g/mol. The third-order valence-electron chi connectivity index (χ3n) is 1.33. The summed E-state index contributed by atoms with van der Waals surface area (Å²) in [6.45, 7) is 0. The van der Waals surface area contributed by atoms with Crippen LogP contribution < -0.4 is 11.5 Å². The quantitative estimate of drug-likeness (QED) is 0.325. The lowest BCUT2D eigenvalue weighted by molar-refractivity contribution is 0.0691. The molecule has 1 heterocycles. The maximum absolute atomic E-state index is 10.7. The van der Waals surface area contributed by atoms with Crippen molar-refractivity contribution in [3.05, 3.63) is 17.6 Å². The minimum atomic E-state index is -1.37. The van der Waals surface area contributed by atoms with Crippen LogP contribution in [0.5, 0.6) is 0 Å². The van der Waals surface area contributed by atoms with Gasteiger partial charge in [-0.2, -0.15) is 4.99 Å². The number of carbonyl (C=O) groups excluding carboxylic acids is 1. The van der Waals surface area contributed by atoms with Crippen molar-refractivity contribution in [3.63, 3.8) is 0 Å². The molecule has 0 aromatic carbocycles. The third kappa shape index (κ3) is 2.46. The molecule has 0 unspecified atom stereocenters. The molecule has 0 aliphatic heterocycles. The number of hydrogen-bond donors (Lipinski definition) is 3. The van der Waals surface area contributed by atoms with Crippen molar-refractivity contribution >= 4 is 24.0 Å². The number of carboxylic acid groups (broad SMARTS) is 1. The molecule has 8 heteroatoms. The van der Waals surface area contributed by atoms with Gasteiger partial charge in [0.05, 0.1) is 6.20 Å². The average Bonchev–Trinajstić information content (AvgIpc) is 2.17. The molecule has 0 radical (unpaired) electrons. The van der Waals surface area contributed by atoms with Gasteiger partial charge in [0.15, 0.2) is 23.8 Å². The monoisotopic (exact) mass is 209 g/mol. The number of aromatic carboxylic acids is 1. The molecule has 0 saturated heterocycles. The molecular formula is C7H7N5O3. The van der Waals surface area contributed by atoms with Gasteiger partial charge in [0, 0.05) is 0 Å². The summed E-state index contributed by atoms with van der Waals surface area (Å²) < 4.78 is 0. The van der Waals surface area contributed by atoms with Crippen molar-refractivity contribution in [2.75, 3.05) is 0 Å². The van der Waals surface area contributed by atoms with Crippen LogP contribution in [0.2, 0.25) is 0 Å². The van der Waals surface area contributed by atoms with Crippen molar-refractivity contribution in [1.82, 2.24) is 9.97 Å². The number of nitrogens with two attached hydrogens (primary N) is 2. The molecule has 0 aliphatic carbocycles. The zero-order chi connectivity index (χ0) is 11.4. The van der Waals surface area contributed by atoms with E-state index in [1.54, 1.807) is 0 Å². The van der Waals surface area contributed by atoms with Crippen LogP contribution in [-0.4, -0.2) is 33.3 Å². The predicted molar refractivity (Wildman–Crippen MR) is 49.8 cm³/mol. The summed E-state index contributed by atoms with van der Waals surface area (Å²) in [5, 5.41) is 8.73. The normalized spacial score (nSPS) is 9.33. The Morgan fingerprint density at radius 3 is 2.67 bits per heavy atom. The fourth-order valence-corrected chi connectivity index (χ4v) is 0.801. The fraction of sp³-hybridized carbons (Fsp3) is 0. The Hall–Kier alpha value is -2.51. The topological polar surface area (TPSA) is 145 Å². The molecule has 78 valence electrons. The zero-order valence-corrected chi connectivity index (χ0v) is 7.41. The van der Waals surface area contributed by atoms with Gasteiger partial charge in [-0.3, -0.25) is 4.79 Å². The summed E-state index contributed by atoms with van der Waals surface area (Å²) in [6.07, 6.45) is 1.44. The van der Waals surface area contributed by atoms with E-state index in [9.17, 15) is 9.59 Å². The van der Waals surface area contributed by atoms with Crippen molar-refractivity contribution in [1.29, 1.82) is 0 Å². The van der Waals surface area contributed by atoms with Crippen LogP contribution in [0, 0.1) is 0 Å². The maximum Gasteiger partial charge on any atom is 0.358 e. The number of hydrogen-bond acceptors (Lipinski definition) is 5. The lowest BCUT2D eigenvalue weighted by Gasteiger charge is -1.99. The molecule has 0 saturated carbocycles. The number of guanidine groups is 1. The summed E-state index contributed by atoms with van der Waals surface area (Å²) in [5.74, 6) is -1.95. The first kappa shape index (κ1) is 10.6. The number of nitrogens with zero attached hydrogens (tertiary/aromatic N) is 3. The van der Waals surface area contributed by atoms with E-state index in [4.69, 9.17) is 16.6 Å². The van der Waals surface area contributed by atoms with Gasteiger partial charge in [0.1, 0.15) is 5.69 Å². The van der Waals surface area contributed by atoms with E-state index in [-0.39, 0.29) is 17.5 Å². The fourth-order valence-electron chi connectivity index (χ4n) is 0.801. The number of rotatable bonds is 3. The van der Waals surface area contributed by atoms with Gasteiger partial charge in [-0.25, -0.2) is 14.8 Å². The molecule has 0 spiro atoms. The number of aldehydes is 1. The molecule has 0 aliphatic rings. The standard InChI is InChI=1S/C7H7N5O3/c8-7(9)12-5-4(6(14)15)11-3(2-13)1-10-5/h1-2H,(H,14,15)(H4,8,9,10,12). The second kappa shape index (κ2) is 4.13. The maximum atomic E-state index is 10.7. The molecule has 15 heavy (non-hydrogen) atoms. The summed E-state index contributed by atoms with van der Waals surface area (Å²) in [4.78, 5) is 31.6. The first-order valence-corrected chi connectivity index (χ1v) is 3.69. The number of aromatic nitrogens is 2. The molecule has 0 bridgehead atoms. The van der Waals surface area contributed by atoms with Gasteiger partial charge >= 0.3 is 5.97 Å². The van der Waals surface area contributed by atoms with E-state index < -0.39 is 11.7 Å². The van der Waals surface area contributed by atoms with Gasteiger partial charge in [0.25, 0.3) is 0 Å². The molecular weight excluding hydrogens is 202 g/mol. The molecule has 1 aromatic heterocycles. The van der Waals surface area contributed by atoms with E-state index in [1.165, 1.54) is 0 Å². The summed E-state index contributed by atoms with van der Waals surface area (Å²) in [6, 6.07) is 0. The van der Waals surface area contributed by atoms with Gasteiger partial charge in [-0.1, -0.05) is 0 Å². The summed E-state index contributed by atoms with van der Waals surface area (Å²) >= 11 is 0. The van der Waals surface area contributed by atoms with Crippen LogP contribution in [0.4, 0.5) is 5.82 Å². The van der Waals surface area contributed by atoms with Gasteiger partial charge in [-0.15, -0.1) is 0 Å². The summed E-state index contributed by atoms with van der Waals surface area (Å²) in [5.41, 5.74) is 9.54. The largest absolute Gasteiger partial charge is 0.476 e. The number of aliphatic imine (C=N–C) groups is 1. The minimum Gasteiger partial charge on any atom is -0.476 e. The Balaban J connectivity index is 3.33. The highest BCUT2D eigenvalue weighted by Gasteiger charge is 2.14. The zero-order valence-electron chi connectivity index (χ0n) is 7.41. The van der Waals surface area contributed by atoms with Crippen LogP contribution in [0.15, 0.2) is 11.2 Å². The predicted octanol–water partition coefficient (Wildman–Crippen LogP) is -1.11. The first-order valence-electron chi connectivity index (χ1n) is 3.69. The lowest BCUT2D eigenvalue weighted by atomic mass is 10.4. The van der Waals surface area contributed by atoms with Gasteiger partial charge < -0.3 is 16.6 Å². The van der Waals surface area contributed by atoms with E-state index in [1.807, 2.05) is 0 Å². The number of carboxylic acids is 1. The SMILES string of the molecule is NC(N)=Nc1ncc(C=O)nc1C(=O)O. The molecule has 0 amide bonds. The van der Waals surface area contributed by atoms with Crippen molar-refractivity contribution < 1.29 is 14.7 Å². The van der Waals surface area contributed by atoms with Gasteiger partial charge in [0.2, 0.25) is 0 Å². The highest BCUT2D eigenvalue weighted by atomic mass is 16.4. The lowest BCUT2D eigenvalue weighted by Crippen LogP contribution is -2.22. The van der Waals surface area contributed by atoms with Crippen molar-refractivity contribution in [2.45, 2.75) is 0 Å². The highest BCUT2D eigenvalue weighted by molar-refractivity contribution is 5.92. The molecule has 0 fully saturated rings. The van der Waals surface area contributed by atoms with E-state index in [0.717, 1.165) is 6.20 Å². The molecule has 8 nitrogen and oxygen atoms in total.